The molecule has 0 aliphatic carbocycles. The van der Waals surface area contributed by atoms with E-state index in [0.717, 1.165) is 6.92 Å². The van der Waals surface area contributed by atoms with Gasteiger partial charge in [0.1, 0.15) is 5.75 Å². The number of ether oxygens (including phenoxy) is 1. The van der Waals surface area contributed by atoms with Crippen molar-refractivity contribution in [3.8, 4) is 5.75 Å². The van der Waals surface area contributed by atoms with E-state index in [0.29, 0.717) is 0 Å². The fraction of sp³-hybridized carbons (Fsp3) is 0.438. The molecule has 130 valence electrons. The van der Waals surface area contributed by atoms with Gasteiger partial charge < -0.3 is 14.9 Å². The Morgan fingerprint density at radius 1 is 1.17 bits per heavy atom. The van der Waals surface area contributed by atoms with Gasteiger partial charge in [-0.3, -0.25) is 24.2 Å². The van der Waals surface area contributed by atoms with E-state index >= 15 is 0 Å². The van der Waals surface area contributed by atoms with Crippen LogP contribution in [0.2, 0.25) is 0 Å². The van der Waals surface area contributed by atoms with Crippen molar-refractivity contribution in [2.24, 2.45) is 5.41 Å². The Labute approximate surface area is 138 Å². The number of carboxylic acids is 2. The summed E-state index contributed by atoms with van der Waals surface area (Å²) in [6.07, 6.45) is 2.36. The maximum absolute atomic E-state index is 12.7. The first-order chi connectivity index (χ1) is 11.3. The molecule has 8 nitrogen and oxygen atoms in total. The van der Waals surface area contributed by atoms with E-state index in [1.165, 1.54) is 25.6 Å². The highest BCUT2D eigenvalue weighted by atomic mass is 16.5. The molecule has 1 heterocycles. The highest BCUT2D eigenvalue weighted by Crippen LogP contribution is 2.32. The van der Waals surface area contributed by atoms with Gasteiger partial charge in [-0.25, -0.2) is 0 Å². The SMILES string of the molecule is COc1cncc(C(=O)C(CCCCC(=O)O)(C(C)=O)C(=O)O)c1. The maximum Gasteiger partial charge on any atom is 0.325 e. The van der Waals surface area contributed by atoms with E-state index in [1.807, 2.05) is 0 Å². The number of carbonyl (C=O) groups is 4. The van der Waals surface area contributed by atoms with Crippen molar-refractivity contribution in [3.63, 3.8) is 0 Å². The van der Waals surface area contributed by atoms with E-state index in [1.54, 1.807) is 0 Å². The predicted molar refractivity (Wildman–Crippen MR) is 82.0 cm³/mol. The van der Waals surface area contributed by atoms with Crippen LogP contribution in [-0.4, -0.2) is 45.8 Å². The zero-order chi connectivity index (χ0) is 18.3. The van der Waals surface area contributed by atoms with Crippen LogP contribution in [0.15, 0.2) is 18.5 Å². The molecular formula is C16H19NO7. The van der Waals surface area contributed by atoms with Crippen LogP contribution in [0.1, 0.15) is 43.0 Å². The lowest BCUT2D eigenvalue weighted by Gasteiger charge is -2.25. The Hall–Kier alpha value is -2.77. The normalized spacial score (nSPS) is 12.9. The molecule has 0 saturated heterocycles. The molecule has 0 radical (unpaired) electrons. The number of Topliss-reactive ketones (excluding diaryl/α,β-unsaturated/α-hetero) is 2. The third-order valence-electron chi connectivity index (χ3n) is 3.76. The molecule has 1 aromatic rings. The van der Waals surface area contributed by atoms with Crippen molar-refractivity contribution in [2.75, 3.05) is 7.11 Å². The number of unbranched alkanes of at least 4 members (excludes halogenated alkanes) is 1. The largest absolute Gasteiger partial charge is 0.495 e. The van der Waals surface area contributed by atoms with Gasteiger partial charge in [0.15, 0.2) is 17.0 Å². The van der Waals surface area contributed by atoms with Gasteiger partial charge in [0.05, 0.1) is 13.3 Å². The molecule has 1 atom stereocenters. The number of carboxylic acid groups (broad SMARTS) is 2. The lowest BCUT2D eigenvalue weighted by Crippen LogP contribution is -2.45. The van der Waals surface area contributed by atoms with Crippen LogP contribution < -0.4 is 4.74 Å². The number of aliphatic carboxylic acids is 2. The first kappa shape index (κ1) is 19.3. The monoisotopic (exact) mass is 337 g/mol. The Morgan fingerprint density at radius 2 is 1.83 bits per heavy atom. The number of hydrogen-bond acceptors (Lipinski definition) is 6. The molecule has 0 aliphatic rings. The fourth-order valence-corrected chi connectivity index (χ4v) is 2.37. The molecule has 0 spiro atoms. The zero-order valence-corrected chi connectivity index (χ0v) is 13.4. The number of carbonyl (C=O) groups excluding carboxylic acids is 2. The highest BCUT2D eigenvalue weighted by Gasteiger charge is 2.50. The average Bonchev–Trinajstić information content (AvgIpc) is 2.53. The van der Waals surface area contributed by atoms with Gasteiger partial charge in [0.25, 0.3) is 0 Å². The Kier molecular flexibility index (Phi) is 6.58. The third-order valence-corrected chi connectivity index (χ3v) is 3.76. The lowest BCUT2D eigenvalue weighted by atomic mass is 9.73. The molecule has 2 N–H and O–H groups in total. The summed E-state index contributed by atoms with van der Waals surface area (Å²) in [6.45, 7) is 1.04. The van der Waals surface area contributed by atoms with Crippen molar-refractivity contribution >= 4 is 23.5 Å². The van der Waals surface area contributed by atoms with Crippen molar-refractivity contribution in [1.29, 1.82) is 0 Å². The Bertz CT molecular complexity index is 640. The average molecular weight is 337 g/mol. The third kappa shape index (κ3) is 4.15. The summed E-state index contributed by atoms with van der Waals surface area (Å²) < 4.78 is 4.95. The summed E-state index contributed by atoms with van der Waals surface area (Å²) in [5.74, 6) is -4.02. The standard InChI is InChI=1S/C16H19NO7/c1-10(18)16(15(22)23,6-4-3-5-13(19)20)14(21)11-7-12(24-2)9-17-8-11/h7-9H,3-6H2,1-2H3,(H,19,20)(H,22,23). The molecule has 1 aromatic heterocycles. The van der Waals surface area contributed by atoms with Crippen molar-refractivity contribution < 1.29 is 34.1 Å². The second-order valence-electron chi connectivity index (χ2n) is 5.31. The van der Waals surface area contributed by atoms with E-state index in [4.69, 9.17) is 9.84 Å². The molecule has 1 unspecified atom stereocenters. The van der Waals surface area contributed by atoms with Crippen molar-refractivity contribution in [2.45, 2.75) is 32.6 Å². The molecule has 0 bridgehead atoms. The van der Waals surface area contributed by atoms with Gasteiger partial charge in [-0.2, -0.15) is 0 Å². The molecule has 0 amide bonds. The Balaban J connectivity index is 3.16. The van der Waals surface area contributed by atoms with Crippen molar-refractivity contribution in [3.05, 3.63) is 24.0 Å². The van der Waals surface area contributed by atoms with Crippen LogP contribution in [0.5, 0.6) is 5.75 Å². The molecule has 24 heavy (non-hydrogen) atoms. The van der Waals surface area contributed by atoms with E-state index in [-0.39, 0.29) is 37.0 Å². The van der Waals surface area contributed by atoms with Gasteiger partial charge in [0.2, 0.25) is 0 Å². The van der Waals surface area contributed by atoms with E-state index < -0.39 is 28.9 Å². The second-order valence-corrected chi connectivity index (χ2v) is 5.31. The first-order valence-corrected chi connectivity index (χ1v) is 7.25. The van der Waals surface area contributed by atoms with Gasteiger partial charge in [-0.15, -0.1) is 0 Å². The summed E-state index contributed by atoms with van der Waals surface area (Å²) >= 11 is 0. The quantitative estimate of drug-likeness (QED) is 0.374. The van der Waals surface area contributed by atoms with Gasteiger partial charge in [0, 0.05) is 18.2 Å². The number of rotatable bonds is 10. The lowest BCUT2D eigenvalue weighted by molar-refractivity contribution is -0.151. The number of aromatic nitrogens is 1. The van der Waals surface area contributed by atoms with Crippen LogP contribution in [0.25, 0.3) is 0 Å². The van der Waals surface area contributed by atoms with Gasteiger partial charge >= 0.3 is 11.9 Å². The zero-order valence-electron chi connectivity index (χ0n) is 13.4. The molecule has 8 heteroatoms. The maximum atomic E-state index is 12.7. The minimum Gasteiger partial charge on any atom is -0.495 e. The molecule has 1 rings (SSSR count). The van der Waals surface area contributed by atoms with E-state index in [9.17, 15) is 24.3 Å². The number of pyridine rings is 1. The van der Waals surface area contributed by atoms with Gasteiger partial charge in [-0.05, 0) is 25.8 Å². The van der Waals surface area contributed by atoms with Crippen LogP contribution in [0.4, 0.5) is 0 Å². The number of hydrogen-bond donors (Lipinski definition) is 2. The summed E-state index contributed by atoms with van der Waals surface area (Å²) in [6, 6.07) is 1.31. The highest BCUT2D eigenvalue weighted by molar-refractivity contribution is 6.26. The van der Waals surface area contributed by atoms with Crippen LogP contribution in [0, 0.1) is 5.41 Å². The second kappa shape index (κ2) is 8.19. The smallest absolute Gasteiger partial charge is 0.325 e. The predicted octanol–water partition coefficient (Wildman–Crippen LogP) is 1.58. The molecule has 0 fully saturated rings. The van der Waals surface area contributed by atoms with Crippen molar-refractivity contribution in [1.82, 2.24) is 4.98 Å². The summed E-state index contributed by atoms with van der Waals surface area (Å²) in [5.41, 5.74) is -2.31. The summed E-state index contributed by atoms with van der Waals surface area (Å²) in [5, 5.41) is 18.2. The molecule has 0 saturated carbocycles. The number of nitrogens with zero attached hydrogens (tertiary/aromatic N) is 1. The fourth-order valence-electron chi connectivity index (χ4n) is 2.37. The van der Waals surface area contributed by atoms with Gasteiger partial charge in [-0.1, -0.05) is 6.42 Å². The molecular weight excluding hydrogens is 318 g/mol. The van der Waals surface area contributed by atoms with E-state index in [2.05, 4.69) is 4.98 Å². The summed E-state index contributed by atoms with van der Waals surface area (Å²) in [4.78, 5) is 50.9. The van der Waals surface area contributed by atoms with Crippen LogP contribution >= 0.6 is 0 Å². The Morgan fingerprint density at radius 3 is 2.33 bits per heavy atom. The number of methoxy groups -OCH3 is 1. The molecule has 0 aromatic carbocycles. The topological polar surface area (TPSA) is 131 Å². The summed E-state index contributed by atoms with van der Waals surface area (Å²) in [7, 11) is 1.37. The first-order valence-electron chi connectivity index (χ1n) is 7.25. The molecule has 0 aliphatic heterocycles. The minimum atomic E-state index is -2.26. The number of ketones is 2. The van der Waals surface area contributed by atoms with Crippen LogP contribution in [0.3, 0.4) is 0 Å². The van der Waals surface area contributed by atoms with Crippen LogP contribution in [-0.2, 0) is 14.4 Å². The minimum absolute atomic E-state index is 0.0508.